The number of likely N-dealkylation sites (tertiary alicyclic amines) is 1. The van der Waals surface area contributed by atoms with E-state index < -0.39 is 5.97 Å². The number of carboxylic acids is 1. The monoisotopic (exact) mass is 390 g/mol. The van der Waals surface area contributed by atoms with Crippen LogP contribution in [0.15, 0.2) is 24.3 Å². The summed E-state index contributed by atoms with van der Waals surface area (Å²) in [5, 5.41) is 9.90. The second kappa shape index (κ2) is 8.50. The van der Waals surface area contributed by atoms with Crippen LogP contribution in [-0.2, 0) is 11.3 Å². The minimum Gasteiger partial charge on any atom is -0.481 e. The lowest BCUT2D eigenvalue weighted by molar-refractivity contribution is -0.137. The fourth-order valence-corrected chi connectivity index (χ4v) is 6.21. The van der Waals surface area contributed by atoms with Crippen LogP contribution in [0.2, 0.25) is 5.02 Å². The highest BCUT2D eigenvalue weighted by molar-refractivity contribution is 6.30. The lowest BCUT2D eigenvalue weighted by atomic mass is 9.69. The van der Waals surface area contributed by atoms with E-state index in [2.05, 4.69) is 21.9 Å². The molecule has 0 radical (unpaired) electrons. The maximum atomic E-state index is 11.1. The molecule has 27 heavy (non-hydrogen) atoms. The molecular formula is C22H31ClN2O2. The molecule has 1 N–H and O–H groups in total. The molecule has 4 nitrogen and oxygen atoms in total. The number of halogens is 1. The molecular weight excluding hydrogens is 360 g/mol. The third-order valence-corrected chi connectivity index (χ3v) is 7.18. The molecule has 3 saturated heterocycles. The predicted molar refractivity (Wildman–Crippen MR) is 108 cm³/mol. The molecule has 3 fully saturated rings. The van der Waals surface area contributed by atoms with E-state index >= 15 is 0 Å². The SMILES string of the molecule is O=C(O)CCC[C@@H]1[C@H]2CCCN3CCC[C@H](CN1Cc1cccc(Cl)c1)[C@@H]23. The Kier molecular flexibility index (Phi) is 6.05. The molecule has 3 heterocycles. The second-order valence-corrected chi connectivity index (χ2v) is 9.08. The lowest BCUT2D eigenvalue weighted by Gasteiger charge is -2.57. The Morgan fingerprint density at radius 3 is 2.81 bits per heavy atom. The molecule has 0 aromatic heterocycles. The fourth-order valence-electron chi connectivity index (χ4n) is 5.99. The van der Waals surface area contributed by atoms with Gasteiger partial charge in [-0.3, -0.25) is 14.6 Å². The van der Waals surface area contributed by atoms with Gasteiger partial charge >= 0.3 is 5.97 Å². The van der Waals surface area contributed by atoms with E-state index in [1.165, 1.54) is 44.3 Å². The van der Waals surface area contributed by atoms with Gasteiger partial charge in [-0.2, -0.15) is 0 Å². The Labute approximate surface area is 167 Å². The summed E-state index contributed by atoms with van der Waals surface area (Å²) in [5.74, 6) is 0.776. The highest BCUT2D eigenvalue weighted by atomic mass is 35.5. The Balaban J connectivity index is 1.55. The van der Waals surface area contributed by atoms with E-state index in [4.69, 9.17) is 16.7 Å². The molecule has 1 aromatic rings. The first-order valence-electron chi connectivity index (χ1n) is 10.6. The molecule has 5 heteroatoms. The molecule has 1 aromatic carbocycles. The molecule has 0 aliphatic carbocycles. The van der Waals surface area contributed by atoms with Crippen molar-refractivity contribution in [3.63, 3.8) is 0 Å². The first kappa shape index (κ1) is 19.2. The van der Waals surface area contributed by atoms with Crippen LogP contribution in [-0.4, -0.2) is 52.6 Å². The minimum atomic E-state index is -0.673. The average Bonchev–Trinajstić information content (AvgIpc) is 2.64. The van der Waals surface area contributed by atoms with E-state index in [-0.39, 0.29) is 6.42 Å². The van der Waals surface area contributed by atoms with Gasteiger partial charge in [0.05, 0.1) is 0 Å². The highest BCUT2D eigenvalue weighted by Crippen LogP contribution is 2.43. The number of hydrogen-bond donors (Lipinski definition) is 1. The maximum absolute atomic E-state index is 11.1. The third kappa shape index (κ3) is 4.33. The molecule has 3 aliphatic heterocycles. The van der Waals surface area contributed by atoms with Crippen LogP contribution in [0.4, 0.5) is 0 Å². The molecule has 0 saturated carbocycles. The molecule has 148 valence electrons. The van der Waals surface area contributed by atoms with Gasteiger partial charge in [0.2, 0.25) is 0 Å². The van der Waals surface area contributed by atoms with Gasteiger partial charge in [-0.05, 0) is 81.1 Å². The first-order valence-corrected chi connectivity index (χ1v) is 10.9. The zero-order chi connectivity index (χ0) is 18.8. The molecule has 3 aliphatic rings. The van der Waals surface area contributed by atoms with Crippen LogP contribution >= 0.6 is 11.6 Å². The molecule has 0 bridgehead atoms. The van der Waals surface area contributed by atoms with Crippen LogP contribution in [0, 0.1) is 11.8 Å². The molecule has 0 amide bonds. The summed E-state index contributed by atoms with van der Waals surface area (Å²) < 4.78 is 0. The largest absolute Gasteiger partial charge is 0.481 e. The molecule has 0 spiro atoms. The number of benzene rings is 1. The summed E-state index contributed by atoms with van der Waals surface area (Å²) >= 11 is 6.22. The number of carboxylic acid groups (broad SMARTS) is 1. The number of aliphatic carboxylic acids is 1. The highest BCUT2D eigenvalue weighted by Gasteiger charge is 2.48. The van der Waals surface area contributed by atoms with Crippen molar-refractivity contribution in [1.29, 1.82) is 0 Å². The summed E-state index contributed by atoms with van der Waals surface area (Å²) in [5.41, 5.74) is 1.27. The third-order valence-electron chi connectivity index (χ3n) is 6.94. The van der Waals surface area contributed by atoms with Crippen LogP contribution in [0.5, 0.6) is 0 Å². The fraction of sp³-hybridized carbons (Fsp3) is 0.682. The van der Waals surface area contributed by atoms with Gasteiger partial charge in [-0.15, -0.1) is 0 Å². The normalized spacial score (nSPS) is 31.4. The minimum absolute atomic E-state index is 0.284. The molecule has 4 atom stereocenters. The molecule has 0 unspecified atom stereocenters. The Morgan fingerprint density at radius 2 is 2.04 bits per heavy atom. The smallest absolute Gasteiger partial charge is 0.303 e. The van der Waals surface area contributed by atoms with Crippen molar-refractivity contribution >= 4 is 17.6 Å². The Bertz CT molecular complexity index is 665. The predicted octanol–water partition coefficient (Wildman–Crippen LogP) is 4.27. The molecule has 4 rings (SSSR count). The van der Waals surface area contributed by atoms with Crippen molar-refractivity contribution in [2.75, 3.05) is 19.6 Å². The van der Waals surface area contributed by atoms with E-state index in [9.17, 15) is 4.79 Å². The van der Waals surface area contributed by atoms with Crippen molar-refractivity contribution < 1.29 is 9.90 Å². The zero-order valence-corrected chi connectivity index (χ0v) is 16.8. The summed E-state index contributed by atoms with van der Waals surface area (Å²) in [4.78, 5) is 16.5. The van der Waals surface area contributed by atoms with Crippen LogP contribution in [0.3, 0.4) is 0 Å². The van der Waals surface area contributed by atoms with E-state index in [1.807, 2.05) is 12.1 Å². The Morgan fingerprint density at radius 1 is 1.22 bits per heavy atom. The van der Waals surface area contributed by atoms with Gasteiger partial charge in [0.1, 0.15) is 0 Å². The van der Waals surface area contributed by atoms with E-state index in [1.54, 1.807) is 0 Å². The second-order valence-electron chi connectivity index (χ2n) is 8.65. The summed E-state index contributed by atoms with van der Waals surface area (Å²) in [6.45, 7) is 4.58. The zero-order valence-electron chi connectivity index (χ0n) is 16.0. The van der Waals surface area contributed by atoms with E-state index in [0.717, 1.165) is 42.9 Å². The van der Waals surface area contributed by atoms with Crippen molar-refractivity contribution in [3.05, 3.63) is 34.9 Å². The number of rotatable bonds is 6. The lowest BCUT2D eigenvalue weighted by Crippen LogP contribution is -2.64. The van der Waals surface area contributed by atoms with Crippen molar-refractivity contribution in [1.82, 2.24) is 9.80 Å². The number of hydrogen-bond acceptors (Lipinski definition) is 3. The van der Waals surface area contributed by atoms with Crippen molar-refractivity contribution in [2.45, 2.75) is 63.6 Å². The average molecular weight is 391 g/mol. The van der Waals surface area contributed by atoms with Crippen LogP contribution < -0.4 is 0 Å². The van der Waals surface area contributed by atoms with Crippen molar-refractivity contribution in [3.8, 4) is 0 Å². The first-order chi connectivity index (χ1) is 13.1. The van der Waals surface area contributed by atoms with Gasteiger partial charge in [0.15, 0.2) is 0 Å². The summed E-state index contributed by atoms with van der Waals surface area (Å²) in [6.07, 6.45) is 7.30. The number of carbonyl (C=O) groups is 1. The van der Waals surface area contributed by atoms with Gasteiger partial charge in [0.25, 0.3) is 0 Å². The Hall–Kier alpha value is -1.10. The van der Waals surface area contributed by atoms with Crippen molar-refractivity contribution in [2.24, 2.45) is 11.8 Å². The van der Waals surface area contributed by atoms with Gasteiger partial charge in [-0.1, -0.05) is 23.7 Å². The van der Waals surface area contributed by atoms with Gasteiger partial charge < -0.3 is 5.11 Å². The standard InChI is InChI=1S/C22H31ClN2O2/c23-18-7-1-5-16(13-18)14-25-15-17-6-3-11-24-12-4-8-19(22(17)24)20(25)9-2-10-21(26)27/h1,5,7,13,17,19-20,22H,2-4,6,8-12,14-15H2,(H,26,27)/t17-,19-,20-,22+/m1/s1. The van der Waals surface area contributed by atoms with Crippen LogP contribution in [0.1, 0.15) is 50.5 Å². The topological polar surface area (TPSA) is 43.8 Å². The number of nitrogens with zero attached hydrogens (tertiary/aromatic N) is 2. The quantitative estimate of drug-likeness (QED) is 0.787. The summed E-state index contributed by atoms with van der Waals surface area (Å²) in [6, 6.07) is 9.42. The summed E-state index contributed by atoms with van der Waals surface area (Å²) in [7, 11) is 0. The van der Waals surface area contributed by atoms with E-state index in [0.29, 0.717) is 12.0 Å². The van der Waals surface area contributed by atoms with Gasteiger partial charge in [-0.25, -0.2) is 0 Å². The maximum Gasteiger partial charge on any atom is 0.303 e. The van der Waals surface area contributed by atoms with Gasteiger partial charge in [0, 0.05) is 36.6 Å². The number of piperidine rings is 3. The van der Waals surface area contributed by atoms with Crippen LogP contribution in [0.25, 0.3) is 0 Å².